The van der Waals surface area contributed by atoms with Gasteiger partial charge in [-0.05, 0) is 29.5 Å². The summed E-state index contributed by atoms with van der Waals surface area (Å²) in [5.74, 6) is -3.52. The van der Waals surface area contributed by atoms with Gasteiger partial charge in [0.25, 0.3) is 0 Å². The van der Waals surface area contributed by atoms with E-state index in [1.54, 1.807) is 11.4 Å². The zero-order chi connectivity index (χ0) is 17.3. The average molecular weight is 353 g/mol. The minimum absolute atomic E-state index is 0.0171. The molecule has 0 saturated carbocycles. The first-order chi connectivity index (χ1) is 11.5. The molecule has 3 rings (SSSR count). The lowest BCUT2D eigenvalue weighted by Gasteiger charge is -2.25. The second kappa shape index (κ2) is 6.56. The van der Waals surface area contributed by atoms with Crippen molar-refractivity contribution >= 4 is 23.2 Å². The smallest absolute Gasteiger partial charge is 0.346 e. The molecule has 1 aromatic carbocycles. The zero-order valence-electron chi connectivity index (χ0n) is 12.3. The summed E-state index contributed by atoms with van der Waals surface area (Å²) < 4.78 is 32.1. The molecule has 0 radical (unpaired) electrons. The van der Waals surface area contributed by atoms with Gasteiger partial charge >= 0.3 is 5.97 Å². The predicted octanol–water partition coefficient (Wildman–Crippen LogP) is 2.59. The summed E-state index contributed by atoms with van der Waals surface area (Å²) in [6.45, 7) is 0.0572. The molecule has 0 bridgehead atoms. The van der Waals surface area contributed by atoms with Gasteiger partial charge in [0.05, 0.1) is 5.92 Å². The molecule has 5 nitrogen and oxygen atoms in total. The Bertz CT molecular complexity index is 805. The SMILES string of the molecule is O=C(O)c1sccc1CNC(=O)C1COc2c(F)cc(F)cc2C1. The fourth-order valence-electron chi connectivity index (χ4n) is 2.59. The minimum atomic E-state index is -1.05. The second-order valence-corrected chi connectivity index (χ2v) is 6.30. The number of ether oxygens (including phenoxy) is 1. The molecule has 126 valence electrons. The van der Waals surface area contributed by atoms with Crippen molar-refractivity contribution in [1.29, 1.82) is 0 Å². The number of hydrogen-bond acceptors (Lipinski definition) is 4. The molecule has 1 aliphatic rings. The fourth-order valence-corrected chi connectivity index (χ4v) is 3.35. The zero-order valence-corrected chi connectivity index (χ0v) is 13.2. The van der Waals surface area contributed by atoms with Crippen LogP contribution in [0.5, 0.6) is 5.75 Å². The molecule has 2 N–H and O–H groups in total. The number of carbonyl (C=O) groups excluding carboxylic acids is 1. The van der Waals surface area contributed by atoms with Crippen LogP contribution in [0, 0.1) is 17.6 Å². The predicted molar refractivity (Wildman–Crippen MR) is 82.2 cm³/mol. The first kappa shape index (κ1) is 16.4. The molecule has 1 aromatic heterocycles. The number of aromatic carboxylic acids is 1. The number of hydrogen-bond donors (Lipinski definition) is 2. The number of carboxylic acid groups (broad SMARTS) is 1. The summed E-state index contributed by atoms with van der Waals surface area (Å²) in [4.78, 5) is 23.4. The highest BCUT2D eigenvalue weighted by atomic mass is 32.1. The summed E-state index contributed by atoms with van der Waals surface area (Å²) in [6, 6.07) is 3.52. The molecule has 1 atom stereocenters. The normalized spacial score (nSPS) is 16.2. The van der Waals surface area contributed by atoms with E-state index in [1.807, 2.05) is 0 Å². The Kier molecular flexibility index (Phi) is 4.48. The number of fused-ring (bicyclic) bond motifs is 1. The monoisotopic (exact) mass is 353 g/mol. The van der Waals surface area contributed by atoms with Crippen LogP contribution in [-0.2, 0) is 17.8 Å². The molecule has 24 heavy (non-hydrogen) atoms. The largest absolute Gasteiger partial charge is 0.489 e. The lowest BCUT2D eigenvalue weighted by Crippen LogP contribution is -2.37. The van der Waals surface area contributed by atoms with Crippen LogP contribution in [0.2, 0.25) is 0 Å². The van der Waals surface area contributed by atoms with E-state index >= 15 is 0 Å². The van der Waals surface area contributed by atoms with Gasteiger partial charge in [0.15, 0.2) is 11.6 Å². The Morgan fingerprint density at radius 2 is 2.17 bits per heavy atom. The lowest BCUT2D eigenvalue weighted by atomic mass is 9.95. The van der Waals surface area contributed by atoms with Crippen molar-refractivity contribution in [3.05, 3.63) is 51.2 Å². The summed E-state index contributed by atoms with van der Waals surface area (Å²) in [5, 5.41) is 13.3. The second-order valence-electron chi connectivity index (χ2n) is 5.39. The quantitative estimate of drug-likeness (QED) is 0.886. The number of carbonyl (C=O) groups is 2. The molecule has 1 unspecified atom stereocenters. The van der Waals surface area contributed by atoms with Gasteiger partial charge in [-0.3, -0.25) is 4.79 Å². The van der Waals surface area contributed by atoms with E-state index < -0.39 is 23.5 Å². The van der Waals surface area contributed by atoms with Gasteiger partial charge in [-0.1, -0.05) is 0 Å². The van der Waals surface area contributed by atoms with Crippen molar-refractivity contribution in [2.24, 2.45) is 5.92 Å². The van der Waals surface area contributed by atoms with E-state index in [0.717, 1.165) is 23.5 Å². The van der Waals surface area contributed by atoms with Gasteiger partial charge < -0.3 is 15.2 Å². The average Bonchev–Trinajstić information content (AvgIpc) is 3.00. The van der Waals surface area contributed by atoms with E-state index in [9.17, 15) is 18.4 Å². The number of halogens is 2. The third-order valence-corrected chi connectivity index (χ3v) is 4.69. The molecule has 0 spiro atoms. The molecular formula is C16H13F2NO4S. The summed E-state index contributed by atoms with van der Waals surface area (Å²) >= 11 is 1.08. The lowest BCUT2D eigenvalue weighted by molar-refractivity contribution is -0.126. The fraction of sp³-hybridized carbons (Fsp3) is 0.250. The summed E-state index contributed by atoms with van der Waals surface area (Å²) in [6.07, 6.45) is 0.158. The molecule has 0 saturated heterocycles. The number of thiophene rings is 1. The van der Waals surface area contributed by atoms with Crippen LogP contribution in [0.25, 0.3) is 0 Å². The number of nitrogens with one attached hydrogen (secondary N) is 1. The molecule has 2 heterocycles. The van der Waals surface area contributed by atoms with Crippen LogP contribution in [0.1, 0.15) is 20.8 Å². The van der Waals surface area contributed by atoms with E-state index in [0.29, 0.717) is 11.1 Å². The molecule has 0 aliphatic carbocycles. The van der Waals surface area contributed by atoms with Gasteiger partial charge in [-0.15, -0.1) is 11.3 Å². The van der Waals surface area contributed by atoms with Gasteiger partial charge in [0, 0.05) is 18.2 Å². The van der Waals surface area contributed by atoms with Crippen molar-refractivity contribution in [2.45, 2.75) is 13.0 Å². The van der Waals surface area contributed by atoms with E-state index in [2.05, 4.69) is 5.32 Å². The number of carboxylic acids is 1. The first-order valence-corrected chi connectivity index (χ1v) is 8.01. The summed E-state index contributed by atoms with van der Waals surface area (Å²) in [5.41, 5.74) is 0.815. The highest BCUT2D eigenvalue weighted by Gasteiger charge is 2.28. The van der Waals surface area contributed by atoms with Crippen LogP contribution in [0.3, 0.4) is 0 Å². The van der Waals surface area contributed by atoms with Crippen LogP contribution < -0.4 is 10.1 Å². The van der Waals surface area contributed by atoms with Crippen molar-refractivity contribution < 1.29 is 28.2 Å². The molecule has 8 heteroatoms. The standard InChI is InChI=1S/C16H13F2NO4S/c17-11-4-9-3-10(7-23-13(9)12(18)5-11)15(20)19-6-8-1-2-24-14(8)16(21)22/h1-2,4-5,10H,3,6-7H2,(H,19,20)(H,21,22). The molecule has 1 aliphatic heterocycles. The number of rotatable bonds is 4. The van der Waals surface area contributed by atoms with E-state index in [4.69, 9.17) is 9.84 Å². The highest BCUT2D eigenvalue weighted by molar-refractivity contribution is 7.12. The van der Waals surface area contributed by atoms with Crippen molar-refractivity contribution in [3.8, 4) is 5.75 Å². The van der Waals surface area contributed by atoms with E-state index in [1.165, 1.54) is 0 Å². The van der Waals surface area contributed by atoms with Crippen molar-refractivity contribution in [2.75, 3.05) is 6.61 Å². The maximum atomic E-state index is 13.6. The van der Waals surface area contributed by atoms with Crippen LogP contribution in [-0.4, -0.2) is 23.6 Å². The van der Waals surface area contributed by atoms with Crippen LogP contribution in [0.15, 0.2) is 23.6 Å². The topological polar surface area (TPSA) is 75.6 Å². The number of benzene rings is 1. The Hall–Kier alpha value is -2.48. The van der Waals surface area contributed by atoms with Gasteiger partial charge in [-0.2, -0.15) is 0 Å². The Balaban J connectivity index is 1.66. The van der Waals surface area contributed by atoms with Crippen molar-refractivity contribution in [1.82, 2.24) is 5.32 Å². The van der Waals surface area contributed by atoms with Gasteiger partial charge in [0.1, 0.15) is 17.3 Å². The molecule has 0 fully saturated rings. The maximum Gasteiger partial charge on any atom is 0.346 e. The third kappa shape index (κ3) is 3.23. The Morgan fingerprint density at radius 1 is 1.38 bits per heavy atom. The summed E-state index contributed by atoms with van der Waals surface area (Å²) in [7, 11) is 0. The van der Waals surface area contributed by atoms with Crippen LogP contribution >= 0.6 is 11.3 Å². The van der Waals surface area contributed by atoms with Crippen molar-refractivity contribution in [3.63, 3.8) is 0 Å². The first-order valence-electron chi connectivity index (χ1n) is 7.13. The maximum absolute atomic E-state index is 13.6. The van der Waals surface area contributed by atoms with Crippen LogP contribution in [0.4, 0.5) is 8.78 Å². The Labute approximate surface area is 139 Å². The molecule has 2 aromatic rings. The minimum Gasteiger partial charge on any atom is -0.489 e. The third-order valence-electron chi connectivity index (χ3n) is 3.75. The highest BCUT2D eigenvalue weighted by Crippen LogP contribution is 2.31. The number of amides is 1. The van der Waals surface area contributed by atoms with E-state index in [-0.39, 0.29) is 36.1 Å². The van der Waals surface area contributed by atoms with Gasteiger partial charge in [-0.25, -0.2) is 13.6 Å². The Morgan fingerprint density at radius 3 is 2.92 bits per heavy atom. The molecular weight excluding hydrogens is 340 g/mol. The van der Waals surface area contributed by atoms with Gasteiger partial charge in [0.2, 0.25) is 5.91 Å². The molecule has 1 amide bonds.